The maximum absolute atomic E-state index is 6.69. The average Bonchev–Trinajstić information content (AvgIpc) is 2.75. The molecular weight excluding hydrogens is 378 g/mol. The quantitative estimate of drug-likeness (QED) is 0.679. The number of nitrogens with one attached hydrogen (secondary N) is 1. The summed E-state index contributed by atoms with van der Waals surface area (Å²) in [5, 5.41) is 3.43. The SMILES string of the molecule is CCOc1cc(CN2CCC(C3(N)N=C(N)c4ccccc4N3)CC2)ccc1OC. The zero-order valence-electron chi connectivity index (χ0n) is 17.7. The second-order valence-corrected chi connectivity index (χ2v) is 7.96. The first-order chi connectivity index (χ1) is 14.5. The first kappa shape index (κ1) is 20.5. The lowest BCUT2D eigenvalue weighted by atomic mass is 9.88. The summed E-state index contributed by atoms with van der Waals surface area (Å²) >= 11 is 0. The van der Waals surface area contributed by atoms with Crippen molar-refractivity contribution < 1.29 is 9.47 Å². The molecule has 160 valence electrons. The summed E-state index contributed by atoms with van der Waals surface area (Å²) in [5.41, 5.74) is 16.0. The molecule has 2 aromatic carbocycles. The van der Waals surface area contributed by atoms with Gasteiger partial charge in [0.1, 0.15) is 5.84 Å². The van der Waals surface area contributed by atoms with E-state index in [0.29, 0.717) is 12.4 Å². The Labute approximate surface area is 178 Å². The summed E-state index contributed by atoms with van der Waals surface area (Å²) < 4.78 is 11.1. The monoisotopic (exact) mass is 409 g/mol. The number of hydrogen-bond acceptors (Lipinski definition) is 7. The standard InChI is InChI=1S/C23H31N5O2/c1-3-30-21-14-16(8-9-20(21)29-2)15-28-12-10-17(11-13-28)23(25)26-19-7-5-4-6-18(19)22(24)27-23/h4-9,14,17,26H,3,10-13,15,25H2,1-2H3,(H2,24,27). The number of ether oxygens (including phenoxy) is 2. The van der Waals surface area contributed by atoms with Crippen molar-refractivity contribution in [2.24, 2.45) is 22.4 Å². The van der Waals surface area contributed by atoms with Crippen molar-refractivity contribution in [3.8, 4) is 11.5 Å². The summed E-state index contributed by atoms with van der Waals surface area (Å²) in [6.45, 7) is 5.38. The van der Waals surface area contributed by atoms with Gasteiger partial charge in [-0.25, -0.2) is 4.99 Å². The molecule has 5 N–H and O–H groups in total. The molecule has 2 aliphatic heterocycles. The van der Waals surface area contributed by atoms with Crippen LogP contribution in [0.2, 0.25) is 0 Å². The first-order valence-electron chi connectivity index (χ1n) is 10.6. The van der Waals surface area contributed by atoms with Gasteiger partial charge in [-0.05, 0) is 62.7 Å². The van der Waals surface area contributed by atoms with Crippen LogP contribution in [0.1, 0.15) is 30.9 Å². The van der Waals surface area contributed by atoms with Gasteiger partial charge in [-0.15, -0.1) is 0 Å². The molecule has 4 rings (SSSR count). The predicted molar refractivity (Wildman–Crippen MR) is 120 cm³/mol. The van der Waals surface area contributed by atoms with E-state index in [9.17, 15) is 0 Å². The summed E-state index contributed by atoms with van der Waals surface area (Å²) in [7, 11) is 1.66. The highest BCUT2D eigenvalue weighted by molar-refractivity contribution is 6.04. The Balaban J connectivity index is 1.40. The third-order valence-electron chi connectivity index (χ3n) is 5.99. The van der Waals surface area contributed by atoms with Crippen molar-refractivity contribution in [2.75, 3.05) is 32.1 Å². The number of benzene rings is 2. The number of rotatable bonds is 6. The molecule has 0 radical (unpaired) electrons. The molecule has 30 heavy (non-hydrogen) atoms. The number of amidine groups is 1. The van der Waals surface area contributed by atoms with Gasteiger partial charge in [-0.3, -0.25) is 10.6 Å². The molecule has 7 nitrogen and oxygen atoms in total. The van der Waals surface area contributed by atoms with Crippen molar-refractivity contribution in [3.63, 3.8) is 0 Å². The number of para-hydroxylation sites is 1. The van der Waals surface area contributed by atoms with Crippen molar-refractivity contribution in [2.45, 2.75) is 32.1 Å². The van der Waals surface area contributed by atoms with Crippen LogP contribution in [0, 0.1) is 5.92 Å². The van der Waals surface area contributed by atoms with Gasteiger partial charge in [-0.1, -0.05) is 18.2 Å². The fourth-order valence-corrected chi connectivity index (χ4v) is 4.39. The van der Waals surface area contributed by atoms with Crippen LogP contribution in [-0.2, 0) is 6.54 Å². The van der Waals surface area contributed by atoms with Gasteiger partial charge in [0.25, 0.3) is 0 Å². The van der Waals surface area contributed by atoms with Crippen molar-refractivity contribution in [3.05, 3.63) is 53.6 Å². The molecule has 2 aliphatic rings. The Bertz CT molecular complexity index is 924. The van der Waals surface area contributed by atoms with Crippen LogP contribution < -0.4 is 26.3 Å². The van der Waals surface area contributed by atoms with E-state index in [4.69, 9.17) is 20.9 Å². The van der Waals surface area contributed by atoms with E-state index in [0.717, 1.165) is 55.2 Å². The Morgan fingerprint density at radius 2 is 1.93 bits per heavy atom. The van der Waals surface area contributed by atoms with E-state index in [2.05, 4.69) is 27.3 Å². The number of nitrogens with zero attached hydrogens (tertiary/aromatic N) is 2. The summed E-state index contributed by atoms with van der Waals surface area (Å²) in [6.07, 6.45) is 1.91. The normalized spacial score (nSPS) is 22.0. The Morgan fingerprint density at radius 1 is 1.17 bits per heavy atom. The fourth-order valence-electron chi connectivity index (χ4n) is 4.39. The second-order valence-electron chi connectivity index (χ2n) is 7.96. The lowest BCUT2D eigenvalue weighted by Gasteiger charge is -2.43. The van der Waals surface area contributed by atoms with E-state index in [-0.39, 0.29) is 5.92 Å². The van der Waals surface area contributed by atoms with E-state index < -0.39 is 5.79 Å². The molecule has 1 fully saturated rings. The van der Waals surface area contributed by atoms with E-state index in [1.807, 2.05) is 37.3 Å². The molecule has 2 aromatic rings. The maximum Gasteiger partial charge on any atom is 0.187 e. The van der Waals surface area contributed by atoms with Gasteiger partial charge in [-0.2, -0.15) is 0 Å². The Kier molecular flexibility index (Phi) is 5.83. The van der Waals surface area contributed by atoms with Crippen LogP contribution in [0.15, 0.2) is 47.5 Å². The van der Waals surface area contributed by atoms with Crippen molar-refractivity contribution in [1.82, 2.24) is 4.90 Å². The van der Waals surface area contributed by atoms with Crippen LogP contribution in [0.5, 0.6) is 11.5 Å². The average molecular weight is 410 g/mol. The third kappa shape index (κ3) is 4.08. The van der Waals surface area contributed by atoms with E-state index >= 15 is 0 Å². The minimum Gasteiger partial charge on any atom is -0.493 e. The van der Waals surface area contributed by atoms with Gasteiger partial charge in [0.15, 0.2) is 17.3 Å². The van der Waals surface area contributed by atoms with E-state index in [1.54, 1.807) is 7.11 Å². The smallest absolute Gasteiger partial charge is 0.187 e. The zero-order chi connectivity index (χ0) is 21.1. The largest absolute Gasteiger partial charge is 0.493 e. The topological polar surface area (TPSA) is 98.1 Å². The zero-order valence-corrected chi connectivity index (χ0v) is 17.7. The molecule has 2 heterocycles. The minimum atomic E-state index is -0.854. The lowest BCUT2D eigenvalue weighted by molar-refractivity contribution is 0.137. The lowest BCUT2D eigenvalue weighted by Crippen LogP contribution is -2.58. The van der Waals surface area contributed by atoms with Crippen LogP contribution >= 0.6 is 0 Å². The fraction of sp³-hybridized carbons (Fsp3) is 0.435. The molecule has 1 atom stereocenters. The van der Waals surface area contributed by atoms with Gasteiger partial charge < -0.3 is 20.5 Å². The molecule has 0 amide bonds. The Morgan fingerprint density at radius 3 is 2.67 bits per heavy atom. The van der Waals surface area contributed by atoms with Gasteiger partial charge in [0.2, 0.25) is 0 Å². The number of hydrogen-bond donors (Lipinski definition) is 3. The number of aliphatic imine (C=N–C) groups is 1. The number of likely N-dealkylation sites (tertiary alicyclic amines) is 1. The highest BCUT2D eigenvalue weighted by Gasteiger charge is 2.39. The molecule has 0 bridgehead atoms. The molecule has 1 saturated heterocycles. The number of methoxy groups -OCH3 is 1. The second kappa shape index (κ2) is 8.53. The van der Waals surface area contributed by atoms with Crippen molar-refractivity contribution >= 4 is 11.5 Å². The van der Waals surface area contributed by atoms with Gasteiger partial charge in [0, 0.05) is 23.7 Å². The molecule has 1 unspecified atom stereocenters. The third-order valence-corrected chi connectivity index (χ3v) is 5.99. The molecular formula is C23H31N5O2. The van der Waals surface area contributed by atoms with Crippen LogP contribution in [-0.4, -0.2) is 43.3 Å². The predicted octanol–water partition coefficient (Wildman–Crippen LogP) is 2.75. The van der Waals surface area contributed by atoms with Crippen LogP contribution in [0.4, 0.5) is 5.69 Å². The summed E-state index contributed by atoms with van der Waals surface area (Å²) in [6, 6.07) is 14.1. The molecule has 0 saturated carbocycles. The number of piperidine rings is 1. The van der Waals surface area contributed by atoms with Gasteiger partial charge >= 0.3 is 0 Å². The highest BCUT2D eigenvalue weighted by Crippen LogP contribution is 2.34. The maximum atomic E-state index is 6.69. The molecule has 0 spiro atoms. The molecule has 7 heteroatoms. The van der Waals surface area contributed by atoms with Crippen LogP contribution in [0.3, 0.4) is 0 Å². The number of nitrogens with two attached hydrogens (primary N) is 2. The number of fused-ring (bicyclic) bond motifs is 1. The summed E-state index contributed by atoms with van der Waals surface area (Å²) in [4.78, 5) is 7.10. The van der Waals surface area contributed by atoms with Crippen LogP contribution in [0.25, 0.3) is 0 Å². The van der Waals surface area contributed by atoms with Gasteiger partial charge in [0.05, 0.1) is 13.7 Å². The highest BCUT2D eigenvalue weighted by atomic mass is 16.5. The van der Waals surface area contributed by atoms with E-state index in [1.165, 1.54) is 5.56 Å². The molecule has 0 aromatic heterocycles. The van der Waals surface area contributed by atoms with Crippen molar-refractivity contribution in [1.29, 1.82) is 0 Å². The summed E-state index contributed by atoms with van der Waals surface area (Å²) in [5.74, 6) is 1.44. The number of anilines is 1. The molecule has 0 aliphatic carbocycles. The first-order valence-corrected chi connectivity index (χ1v) is 10.6. The Hall–Kier alpha value is -2.77. The minimum absolute atomic E-state index is 0.218.